The minimum atomic E-state index is -0.794. The molecule has 4 heteroatoms. The van der Waals surface area contributed by atoms with Crippen molar-refractivity contribution in [3.8, 4) is 0 Å². The highest BCUT2D eigenvalue weighted by atomic mass is 16.2. The largest absolute Gasteiger partial charge is 0.340 e. The Labute approximate surface area is 126 Å². The van der Waals surface area contributed by atoms with Gasteiger partial charge in [-0.1, -0.05) is 51.1 Å². The zero-order valence-electron chi connectivity index (χ0n) is 13.2. The Morgan fingerprint density at radius 2 is 1.86 bits per heavy atom. The van der Waals surface area contributed by atoms with E-state index in [4.69, 9.17) is 0 Å². The van der Waals surface area contributed by atoms with Crippen LogP contribution in [0.3, 0.4) is 0 Å². The van der Waals surface area contributed by atoms with Crippen LogP contribution in [0.15, 0.2) is 30.3 Å². The summed E-state index contributed by atoms with van der Waals surface area (Å²) in [5, 5.41) is 2.91. The molecule has 2 amide bonds. The van der Waals surface area contributed by atoms with E-state index in [1.54, 1.807) is 4.90 Å². The Bertz CT molecular complexity index is 527. The van der Waals surface area contributed by atoms with E-state index in [0.717, 1.165) is 5.56 Å². The Hall–Kier alpha value is -1.84. The number of amides is 2. The fourth-order valence-corrected chi connectivity index (χ4v) is 2.84. The maximum atomic E-state index is 12.9. The third-order valence-electron chi connectivity index (χ3n) is 4.27. The summed E-state index contributed by atoms with van der Waals surface area (Å²) in [5.74, 6) is 0.0381. The second-order valence-corrected chi connectivity index (χ2v) is 6.28. The van der Waals surface area contributed by atoms with Crippen LogP contribution >= 0.6 is 0 Å². The summed E-state index contributed by atoms with van der Waals surface area (Å²) in [6.07, 6.45) is 0.591. The van der Waals surface area contributed by atoms with Gasteiger partial charge in [0.25, 0.3) is 0 Å². The van der Waals surface area contributed by atoms with Gasteiger partial charge in [-0.05, 0) is 24.8 Å². The molecular weight excluding hydrogens is 264 g/mol. The topological polar surface area (TPSA) is 49.4 Å². The Morgan fingerprint density at radius 3 is 2.38 bits per heavy atom. The average molecular weight is 288 g/mol. The van der Waals surface area contributed by atoms with Crippen molar-refractivity contribution in [1.82, 2.24) is 10.2 Å². The van der Waals surface area contributed by atoms with Gasteiger partial charge in [0.05, 0.1) is 0 Å². The van der Waals surface area contributed by atoms with Crippen LogP contribution in [0.4, 0.5) is 0 Å². The van der Waals surface area contributed by atoms with Gasteiger partial charge in [-0.25, -0.2) is 0 Å². The molecule has 1 fully saturated rings. The van der Waals surface area contributed by atoms with Gasteiger partial charge in [0.15, 0.2) is 0 Å². The number of carbonyl (C=O) groups is 2. The first-order valence-electron chi connectivity index (χ1n) is 7.56. The van der Waals surface area contributed by atoms with Gasteiger partial charge >= 0.3 is 0 Å². The smallest absolute Gasteiger partial charge is 0.249 e. The third-order valence-corrected chi connectivity index (χ3v) is 4.27. The van der Waals surface area contributed by atoms with Crippen LogP contribution in [0.2, 0.25) is 0 Å². The van der Waals surface area contributed by atoms with E-state index < -0.39 is 11.6 Å². The lowest BCUT2D eigenvalue weighted by Gasteiger charge is -2.45. The van der Waals surface area contributed by atoms with Crippen molar-refractivity contribution in [2.24, 2.45) is 5.92 Å². The highest BCUT2D eigenvalue weighted by molar-refractivity contribution is 5.99. The van der Waals surface area contributed by atoms with Crippen LogP contribution in [0.1, 0.15) is 39.7 Å². The van der Waals surface area contributed by atoms with E-state index >= 15 is 0 Å². The summed E-state index contributed by atoms with van der Waals surface area (Å²) < 4.78 is 0. The van der Waals surface area contributed by atoms with Gasteiger partial charge in [-0.2, -0.15) is 0 Å². The average Bonchev–Trinajstić information content (AvgIpc) is 2.45. The first-order valence-corrected chi connectivity index (χ1v) is 7.56. The molecular formula is C17H24N2O2. The Morgan fingerprint density at radius 1 is 1.24 bits per heavy atom. The van der Waals surface area contributed by atoms with Gasteiger partial charge in [-0.15, -0.1) is 0 Å². The quantitative estimate of drug-likeness (QED) is 0.924. The zero-order chi connectivity index (χ0) is 15.6. The Balaban J connectivity index is 2.35. The Kier molecular flexibility index (Phi) is 4.35. The number of benzene rings is 1. The molecule has 0 aromatic heterocycles. The maximum absolute atomic E-state index is 12.9. The predicted molar refractivity (Wildman–Crippen MR) is 82.5 cm³/mol. The molecule has 4 nitrogen and oxygen atoms in total. The minimum Gasteiger partial charge on any atom is -0.340 e. The lowest BCUT2D eigenvalue weighted by atomic mass is 9.88. The first kappa shape index (κ1) is 15.5. The van der Waals surface area contributed by atoms with Crippen LogP contribution in [-0.4, -0.2) is 28.3 Å². The molecule has 1 aliphatic rings. The van der Waals surface area contributed by atoms with Crippen molar-refractivity contribution in [2.45, 2.75) is 52.2 Å². The molecule has 1 aromatic rings. The molecule has 0 aliphatic carbocycles. The lowest BCUT2D eigenvalue weighted by Crippen LogP contribution is -2.69. The van der Waals surface area contributed by atoms with Crippen molar-refractivity contribution in [1.29, 1.82) is 0 Å². The highest BCUT2D eigenvalue weighted by Crippen LogP contribution is 2.26. The van der Waals surface area contributed by atoms with Crippen molar-refractivity contribution in [2.75, 3.05) is 0 Å². The third kappa shape index (κ3) is 2.94. The number of hydrogen-bond acceptors (Lipinski definition) is 2. The monoisotopic (exact) mass is 288 g/mol. The highest BCUT2D eigenvalue weighted by Gasteiger charge is 2.47. The molecule has 1 aromatic carbocycles. The van der Waals surface area contributed by atoms with Crippen molar-refractivity contribution in [3.05, 3.63) is 35.9 Å². The molecule has 1 N–H and O–H groups in total. The standard InChI is InChI=1S/C17H24N2O2/c1-5-17(4)16(21)19(11-13-9-7-6-8-10-13)14(12(2)3)15(20)18-17/h6-10,12,14H,5,11H2,1-4H3,(H,18,20). The second kappa shape index (κ2) is 5.88. The molecule has 114 valence electrons. The van der Waals surface area contributed by atoms with E-state index in [-0.39, 0.29) is 17.7 Å². The molecule has 1 aliphatic heterocycles. The lowest BCUT2D eigenvalue weighted by molar-refractivity contribution is -0.157. The number of nitrogens with one attached hydrogen (secondary N) is 1. The van der Waals surface area contributed by atoms with Gasteiger partial charge in [0, 0.05) is 6.54 Å². The van der Waals surface area contributed by atoms with Crippen LogP contribution in [0, 0.1) is 5.92 Å². The van der Waals surface area contributed by atoms with Crippen molar-refractivity contribution >= 4 is 11.8 Å². The van der Waals surface area contributed by atoms with E-state index in [1.807, 2.05) is 58.0 Å². The molecule has 1 saturated heterocycles. The van der Waals surface area contributed by atoms with Crippen LogP contribution < -0.4 is 5.32 Å². The summed E-state index contributed by atoms with van der Waals surface area (Å²) >= 11 is 0. The number of nitrogens with zero attached hydrogens (tertiary/aromatic N) is 1. The molecule has 1 heterocycles. The van der Waals surface area contributed by atoms with Crippen LogP contribution in [-0.2, 0) is 16.1 Å². The summed E-state index contributed by atoms with van der Waals surface area (Å²) in [5.41, 5.74) is 0.252. The van der Waals surface area contributed by atoms with Crippen molar-refractivity contribution in [3.63, 3.8) is 0 Å². The van der Waals surface area contributed by atoms with E-state index in [1.165, 1.54) is 0 Å². The molecule has 2 atom stereocenters. The van der Waals surface area contributed by atoms with Crippen LogP contribution in [0.5, 0.6) is 0 Å². The minimum absolute atomic E-state index is 0.00662. The SMILES string of the molecule is CCC1(C)NC(=O)C(C(C)C)N(Cc2ccccc2)C1=O. The molecule has 0 bridgehead atoms. The summed E-state index contributed by atoms with van der Waals surface area (Å²) in [4.78, 5) is 27.0. The summed E-state index contributed by atoms with van der Waals surface area (Å²) in [6.45, 7) is 8.16. The van der Waals surface area contributed by atoms with E-state index in [9.17, 15) is 9.59 Å². The normalized spacial score (nSPS) is 26.1. The van der Waals surface area contributed by atoms with E-state index in [0.29, 0.717) is 13.0 Å². The van der Waals surface area contributed by atoms with Gasteiger partial charge in [0.2, 0.25) is 11.8 Å². The molecule has 2 rings (SSSR count). The van der Waals surface area contributed by atoms with Crippen LogP contribution in [0.25, 0.3) is 0 Å². The van der Waals surface area contributed by atoms with Gasteiger partial charge in [0.1, 0.15) is 11.6 Å². The zero-order valence-corrected chi connectivity index (χ0v) is 13.2. The maximum Gasteiger partial charge on any atom is 0.249 e. The molecule has 21 heavy (non-hydrogen) atoms. The van der Waals surface area contributed by atoms with Crippen molar-refractivity contribution < 1.29 is 9.59 Å². The molecule has 2 unspecified atom stereocenters. The first-order chi connectivity index (χ1) is 9.89. The number of rotatable bonds is 4. The number of piperazine rings is 1. The fraction of sp³-hybridized carbons (Fsp3) is 0.529. The fourth-order valence-electron chi connectivity index (χ4n) is 2.84. The number of carbonyl (C=O) groups excluding carboxylic acids is 2. The van der Waals surface area contributed by atoms with E-state index in [2.05, 4.69) is 5.32 Å². The number of hydrogen-bond donors (Lipinski definition) is 1. The van der Waals surface area contributed by atoms with Gasteiger partial charge < -0.3 is 10.2 Å². The molecule has 0 saturated carbocycles. The summed E-state index contributed by atoms with van der Waals surface area (Å²) in [6, 6.07) is 9.42. The second-order valence-electron chi connectivity index (χ2n) is 6.28. The summed E-state index contributed by atoms with van der Waals surface area (Å²) in [7, 11) is 0. The molecule has 0 radical (unpaired) electrons. The predicted octanol–water partition coefficient (Wildman–Crippen LogP) is 2.34. The van der Waals surface area contributed by atoms with Gasteiger partial charge in [-0.3, -0.25) is 9.59 Å². The molecule has 0 spiro atoms.